The Labute approximate surface area is 226 Å². The second-order valence-corrected chi connectivity index (χ2v) is 10.6. The number of hydrogen-bond donors (Lipinski definition) is 4. The van der Waals surface area contributed by atoms with Crippen molar-refractivity contribution in [3.63, 3.8) is 0 Å². The van der Waals surface area contributed by atoms with Gasteiger partial charge in [-0.25, -0.2) is 0 Å². The first-order chi connectivity index (χ1) is 18.2. The average molecular weight is 535 g/mol. The third-order valence-electron chi connectivity index (χ3n) is 7.17. The van der Waals surface area contributed by atoms with Crippen LogP contribution in [0, 0.1) is 17.8 Å². The van der Waals surface area contributed by atoms with Crippen molar-refractivity contribution in [3.8, 4) is 0 Å². The third kappa shape index (κ3) is 11.2. The van der Waals surface area contributed by atoms with Gasteiger partial charge in [0.25, 0.3) is 0 Å². The normalized spacial score (nSPS) is 22.3. The van der Waals surface area contributed by atoms with Gasteiger partial charge in [0, 0.05) is 18.8 Å². The van der Waals surface area contributed by atoms with Crippen LogP contribution >= 0.6 is 0 Å². The molecule has 1 aromatic rings. The Bertz CT molecular complexity index is 836. The van der Waals surface area contributed by atoms with Gasteiger partial charge < -0.3 is 29.9 Å². The van der Waals surface area contributed by atoms with Crippen molar-refractivity contribution in [2.75, 3.05) is 13.2 Å². The Morgan fingerprint density at radius 2 is 1.76 bits per heavy atom. The van der Waals surface area contributed by atoms with Gasteiger partial charge in [-0.2, -0.15) is 0 Å². The molecule has 2 rings (SSSR count). The first-order valence-electron chi connectivity index (χ1n) is 13.9. The van der Waals surface area contributed by atoms with E-state index in [1.807, 2.05) is 56.3 Å². The van der Waals surface area contributed by atoms with Gasteiger partial charge in [-0.05, 0) is 70.3 Å². The molecule has 1 aliphatic carbocycles. The number of benzene rings is 1. The quantitative estimate of drug-likeness (QED) is 0.136. The van der Waals surface area contributed by atoms with Crippen LogP contribution in [0.2, 0.25) is 0 Å². The highest BCUT2D eigenvalue weighted by Gasteiger charge is 2.44. The summed E-state index contributed by atoms with van der Waals surface area (Å²) >= 11 is 0. The van der Waals surface area contributed by atoms with Crippen molar-refractivity contribution in [2.45, 2.75) is 96.1 Å². The Morgan fingerprint density at radius 3 is 2.42 bits per heavy atom. The molecule has 8 nitrogen and oxygen atoms in total. The molecule has 214 valence electrons. The molecule has 0 aromatic heterocycles. The molecular formula is C30H46O8. The lowest BCUT2D eigenvalue weighted by atomic mass is 9.85. The number of carbonyl (C=O) groups is 2. The largest absolute Gasteiger partial charge is 0.463 e. The summed E-state index contributed by atoms with van der Waals surface area (Å²) in [5.74, 6) is -2.21. The lowest BCUT2D eigenvalue weighted by Gasteiger charge is -2.26. The third-order valence-corrected chi connectivity index (χ3v) is 7.17. The standard InChI is InChI=1S/C30H46O8/c1-21(2)37-29(35)13-9-4-3-8-12-25-26(17-16-24(33)15-14-22-10-6-5-7-11-22)28(18-27(25)34)38-30(36)23(19-31)20-32/h3,5-8,10-11,21,23-28,31-34H,4,9,12-20H2,1-2H3/b8-3-/t24-,25+,26+,27-,28+/m0/s1. The maximum Gasteiger partial charge on any atom is 0.313 e. The van der Waals surface area contributed by atoms with Crippen molar-refractivity contribution in [1.82, 2.24) is 0 Å². The van der Waals surface area contributed by atoms with Gasteiger partial charge in [0.05, 0.1) is 31.5 Å². The van der Waals surface area contributed by atoms with Crippen LogP contribution in [0.1, 0.15) is 70.8 Å². The average Bonchev–Trinajstić information content (AvgIpc) is 3.17. The summed E-state index contributed by atoms with van der Waals surface area (Å²) in [7, 11) is 0. The van der Waals surface area contributed by atoms with E-state index >= 15 is 0 Å². The fraction of sp³-hybridized carbons (Fsp3) is 0.667. The molecule has 0 heterocycles. The van der Waals surface area contributed by atoms with Crippen LogP contribution in [0.5, 0.6) is 0 Å². The van der Waals surface area contributed by atoms with Crippen LogP contribution in [0.25, 0.3) is 0 Å². The number of ether oxygens (including phenoxy) is 2. The number of carbonyl (C=O) groups excluding carboxylic acids is 2. The van der Waals surface area contributed by atoms with Crippen molar-refractivity contribution >= 4 is 11.9 Å². The Morgan fingerprint density at radius 1 is 1.05 bits per heavy atom. The Balaban J connectivity index is 1.94. The van der Waals surface area contributed by atoms with Gasteiger partial charge in [0.1, 0.15) is 12.0 Å². The van der Waals surface area contributed by atoms with Gasteiger partial charge in [0.15, 0.2) is 0 Å². The van der Waals surface area contributed by atoms with Crippen molar-refractivity contribution in [3.05, 3.63) is 48.0 Å². The topological polar surface area (TPSA) is 134 Å². The minimum atomic E-state index is -1.01. The van der Waals surface area contributed by atoms with E-state index in [-0.39, 0.29) is 30.3 Å². The summed E-state index contributed by atoms with van der Waals surface area (Å²) in [5, 5.41) is 40.2. The molecule has 8 heteroatoms. The van der Waals surface area contributed by atoms with E-state index in [0.29, 0.717) is 44.9 Å². The molecule has 38 heavy (non-hydrogen) atoms. The highest BCUT2D eigenvalue weighted by molar-refractivity contribution is 5.73. The summed E-state index contributed by atoms with van der Waals surface area (Å²) < 4.78 is 10.8. The zero-order chi connectivity index (χ0) is 27.9. The molecule has 4 N–H and O–H groups in total. The maximum absolute atomic E-state index is 12.4. The van der Waals surface area contributed by atoms with E-state index in [1.54, 1.807) is 0 Å². The second kappa shape index (κ2) is 17.4. The van der Waals surface area contributed by atoms with Crippen LogP contribution in [0.15, 0.2) is 42.5 Å². The van der Waals surface area contributed by atoms with Gasteiger partial charge in [-0.3, -0.25) is 9.59 Å². The molecule has 1 aliphatic rings. The number of aliphatic hydroxyl groups excluding tert-OH is 4. The summed E-state index contributed by atoms with van der Waals surface area (Å²) in [4.78, 5) is 24.1. The van der Waals surface area contributed by atoms with Gasteiger partial charge in [0.2, 0.25) is 0 Å². The number of unbranched alkanes of at least 4 members (excludes halogenated alkanes) is 1. The molecule has 1 saturated carbocycles. The smallest absolute Gasteiger partial charge is 0.313 e. The van der Waals surface area contributed by atoms with Gasteiger partial charge in [-0.1, -0.05) is 42.5 Å². The monoisotopic (exact) mass is 534 g/mol. The van der Waals surface area contributed by atoms with E-state index in [4.69, 9.17) is 9.47 Å². The van der Waals surface area contributed by atoms with Crippen molar-refractivity contribution in [1.29, 1.82) is 0 Å². The van der Waals surface area contributed by atoms with Crippen LogP contribution in [-0.4, -0.2) is 70.0 Å². The number of esters is 2. The molecule has 0 saturated heterocycles. The molecule has 0 spiro atoms. The zero-order valence-corrected chi connectivity index (χ0v) is 22.8. The molecular weight excluding hydrogens is 488 g/mol. The predicted molar refractivity (Wildman–Crippen MR) is 144 cm³/mol. The number of rotatable bonds is 17. The molecule has 1 aromatic carbocycles. The Kier molecular flexibility index (Phi) is 14.6. The van der Waals surface area contributed by atoms with Crippen molar-refractivity contribution in [2.24, 2.45) is 17.8 Å². The van der Waals surface area contributed by atoms with Crippen LogP contribution in [-0.2, 0) is 25.5 Å². The van der Waals surface area contributed by atoms with Crippen molar-refractivity contribution < 1.29 is 39.5 Å². The minimum Gasteiger partial charge on any atom is -0.463 e. The number of aryl methyl sites for hydroxylation is 1. The highest BCUT2D eigenvalue weighted by atomic mass is 16.5. The van der Waals surface area contributed by atoms with E-state index in [0.717, 1.165) is 12.0 Å². The molecule has 0 aliphatic heterocycles. The van der Waals surface area contributed by atoms with E-state index in [1.165, 1.54) is 0 Å². The lowest BCUT2D eigenvalue weighted by Crippen LogP contribution is -2.32. The second-order valence-electron chi connectivity index (χ2n) is 10.6. The summed E-state index contributed by atoms with van der Waals surface area (Å²) in [6.45, 7) is 2.62. The van der Waals surface area contributed by atoms with Crippen LogP contribution < -0.4 is 0 Å². The molecule has 1 fully saturated rings. The fourth-order valence-corrected chi connectivity index (χ4v) is 5.03. The minimum absolute atomic E-state index is 0.122. The van der Waals surface area contributed by atoms with Crippen LogP contribution in [0.4, 0.5) is 0 Å². The predicted octanol–water partition coefficient (Wildman–Crippen LogP) is 3.34. The highest BCUT2D eigenvalue weighted by Crippen LogP contribution is 2.40. The first-order valence-corrected chi connectivity index (χ1v) is 13.9. The van der Waals surface area contributed by atoms with Crippen LogP contribution in [0.3, 0.4) is 0 Å². The SMILES string of the molecule is CC(C)OC(=O)CCC/C=C\C[C@@H]1[C@@H](CC[C@@H](O)CCc2ccccc2)[C@H](OC(=O)C(CO)CO)C[C@@H]1O. The molecule has 0 radical (unpaired) electrons. The van der Waals surface area contributed by atoms with Gasteiger partial charge >= 0.3 is 11.9 Å². The molecule has 0 amide bonds. The number of hydrogen-bond acceptors (Lipinski definition) is 8. The number of allylic oxidation sites excluding steroid dienone is 2. The summed E-state index contributed by atoms with van der Waals surface area (Å²) in [6, 6.07) is 9.97. The molecule has 0 unspecified atom stereocenters. The summed E-state index contributed by atoms with van der Waals surface area (Å²) in [5.41, 5.74) is 1.16. The van der Waals surface area contributed by atoms with Gasteiger partial charge in [-0.15, -0.1) is 0 Å². The van der Waals surface area contributed by atoms with E-state index in [9.17, 15) is 30.0 Å². The molecule has 0 bridgehead atoms. The Hall–Kier alpha value is -2.26. The van der Waals surface area contributed by atoms with E-state index < -0.39 is 43.4 Å². The fourth-order valence-electron chi connectivity index (χ4n) is 5.03. The summed E-state index contributed by atoms with van der Waals surface area (Å²) in [6.07, 6.45) is 7.20. The van der Waals surface area contributed by atoms with E-state index in [2.05, 4.69) is 0 Å². The maximum atomic E-state index is 12.4. The number of aliphatic hydroxyl groups is 4. The molecule has 5 atom stereocenters. The first kappa shape index (κ1) is 32.0. The zero-order valence-electron chi connectivity index (χ0n) is 22.8. The lowest BCUT2D eigenvalue weighted by molar-refractivity contribution is -0.159.